The van der Waals surface area contributed by atoms with Gasteiger partial charge in [-0.05, 0) is 34.1 Å². The molecule has 0 saturated carbocycles. The van der Waals surface area contributed by atoms with Crippen molar-refractivity contribution < 1.29 is 36.9 Å². The monoisotopic (exact) mass is 709 g/mol. The number of anilines is 1. The molecule has 0 spiro atoms. The van der Waals surface area contributed by atoms with Crippen LogP contribution in [0, 0.1) is 0 Å². The number of rotatable bonds is 10. The Balaban J connectivity index is 1.42. The summed E-state index contributed by atoms with van der Waals surface area (Å²) in [6, 6.07) is 0. The summed E-state index contributed by atoms with van der Waals surface area (Å²) in [5, 5.41) is 0.525. The SMILES string of the molecule is CC(C)[Si]1(C(C)C)OC[C@H]2O[C@@H](c3cn(SCCC(=O)ON4C(=O)CCC4=O)c4c(=O)[nH]c(N)nc34)CC2O[Si](C(C)C)(C(C)C)O1. The number of nitrogens with zero attached hydrogens (tertiary/aromatic N) is 3. The van der Waals surface area contributed by atoms with Gasteiger partial charge in [-0.2, -0.15) is 0 Å². The number of aromatic amines is 1. The molecule has 5 rings (SSSR count). The summed E-state index contributed by atoms with van der Waals surface area (Å²) in [6.45, 7) is 17.7. The molecular formula is C30H47N5O9SSi2. The molecule has 14 nitrogen and oxygen atoms in total. The minimum Gasteiger partial charge on any atom is -0.414 e. The van der Waals surface area contributed by atoms with Crippen LogP contribution < -0.4 is 11.3 Å². The zero-order valence-electron chi connectivity index (χ0n) is 28.4. The Morgan fingerprint density at radius 3 is 2.23 bits per heavy atom. The molecule has 17 heteroatoms. The maximum absolute atomic E-state index is 13.1. The highest BCUT2D eigenvalue weighted by Gasteiger charge is 2.60. The van der Waals surface area contributed by atoms with Crippen molar-refractivity contribution >= 4 is 63.8 Å². The van der Waals surface area contributed by atoms with Gasteiger partial charge in [-0.3, -0.25) is 23.3 Å². The molecule has 1 unspecified atom stereocenters. The van der Waals surface area contributed by atoms with Crippen molar-refractivity contribution in [3.63, 3.8) is 0 Å². The van der Waals surface area contributed by atoms with Crippen LogP contribution in [0.5, 0.6) is 0 Å². The standard InChI is InChI=1S/C30H47N5O9SSi2/c1-16(2)46(17(3)4)40-15-23-22(43-47(44-46,18(5)6)19(7)8)13-21(41-23)20-14-34(28-27(20)32-30(31)33-29(28)39)45-12-11-26(38)42-35-24(36)9-10-25(35)37/h14,16-19,21-23H,9-13,15H2,1-8H3,(H3,31,32,33,39)/t21-,22?,23-/m1/s1. The topological polar surface area (TPSA) is 177 Å². The number of ether oxygens (including phenoxy) is 1. The van der Waals surface area contributed by atoms with Crippen molar-refractivity contribution in [2.24, 2.45) is 0 Å². The summed E-state index contributed by atoms with van der Waals surface area (Å²) in [6.07, 6.45) is 1.10. The van der Waals surface area contributed by atoms with Gasteiger partial charge in [0.2, 0.25) is 5.95 Å². The minimum absolute atomic E-state index is 0.0173. The summed E-state index contributed by atoms with van der Waals surface area (Å²) < 4.78 is 29.7. The van der Waals surface area contributed by atoms with Gasteiger partial charge in [-0.1, -0.05) is 55.4 Å². The van der Waals surface area contributed by atoms with Crippen LogP contribution in [-0.2, 0) is 36.9 Å². The third-order valence-corrected chi connectivity index (χ3v) is 20.5. The fourth-order valence-electron chi connectivity index (χ4n) is 6.86. The molecule has 260 valence electrons. The van der Waals surface area contributed by atoms with Crippen molar-refractivity contribution in [1.29, 1.82) is 0 Å². The summed E-state index contributed by atoms with van der Waals surface area (Å²) in [5.74, 6) is -1.64. The number of carbonyl (C=O) groups is 3. The summed E-state index contributed by atoms with van der Waals surface area (Å²) in [7, 11) is -5.59. The number of hydrogen-bond acceptors (Lipinski definition) is 12. The Hall–Kier alpha value is -2.55. The van der Waals surface area contributed by atoms with Gasteiger partial charge in [0.15, 0.2) is 0 Å². The lowest BCUT2D eigenvalue weighted by Gasteiger charge is -2.51. The minimum atomic E-state index is -2.85. The molecular weight excluding hydrogens is 663 g/mol. The molecule has 3 aliphatic heterocycles. The molecule has 0 aromatic carbocycles. The van der Waals surface area contributed by atoms with E-state index in [1.54, 1.807) is 10.2 Å². The van der Waals surface area contributed by atoms with Gasteiger partial charge in [0.1, 0.15) is 17.1 Å². The number of nitrogen functional groups attached to an aromatic ring is 1. The smallest absolute Gasteiger partial charge is 0.335 e. The fourth-order valence-corrected chi connectivity index (χ4v) is 19.0. The lowest BCUT2D eigenvalue weighted by molar-refractivity contribution is -0.197. The average Bonchev–Trinajstić information content (AvgIpc) is 3.63. The highest BCUT2D eigenvalue weighted by Crippen LogP contribution is 2.49. The number of nitrogens with two attached hydrogens (primary N) is 1. The fraction of sp³-hybridized carbons (Fsp3) is 0.700. The van der Waals surface area contributed by atoms with Crippen LogP contribution in [0.4, 0.5) is 5.95 Å². The van der Waals surface area contributed by atoms with Crippen molar-refractivity contribution in [2.45, 2.75) is 122 Å². The second kappa shape index (κ2) is 13.8. The quantitative estimate of drug-likeness (QED) is 0.260. The predicted octanol–water partition coefficient (Wildman–Crippen LogP) is 4.59. The molecule has 0 bridgehead atoms. The number of aromatic nitrogens is 3. The number of hydroxylamine groups is 2. The molecule has 47 heavy (non-hydrogen) atoms. The maximum atomic E-state index is 13.1. The van der Waals surface area contributed by atoms with E-state index in [4.69, 9.17) is 28.3 Å². The van der Waals surface area contributed by atoms with Crippen LogP contribution >= 0.6 is 11.9 Å². The molecule has 3 fully saturated rings. The van der Waals surface area contributed by atoms with Crippen molar-refractivity contribution in [1.82, 2.24) is 19.0 Å². The van der Waals surface area contributed by atoms with Crippen LogP contribution in [-0.4, -0.2) is 78.5 Å². The number of carbonyl (C=O) groups excluding carboxylic acids is 3. The normalized spacial score (nSPS) is 24.5. The number of imide groups is 1. The lowest BCUT2D eigenvalue weighted by atomic mass is 10.1. The number of hydrogen-bond donors (Lipinski definition) is 2. The zero-order chi connectivity index (χ0) is 34.4. The first-order chi connectivity index (χ1) is 22.1. The molecule has 5 heterocycles. The van der Waals surface area contributed by atoms with Crippen LogP contribution in [0.2, 0.25) is 22.2 Å². The van der Waals surface area contributed by atoms with E-state index < -0.39 is 46.6 Å². The second-order valence-corrected chi connectivity index (χ2v) is 23.6. The van der Waals surface area contributed by atoms with Crippen LogP contribution in [0.15, 0.2) is 11.0 Å². The Labute approximate surface area is 280 Å². The van der Waals surface area contributed by atoms with E-state index in [0.717, 1.165) is 0 Å². The van der Waals surface area contributed by atoms with Crippen molar-refractivity contribution in [3.8, 4) is 0 Å². The van der Waals surface area contributed by atoms with E-state index >= 15 is 0 Å². The largest absolute Gasteiger partial charge is 0.414 e. The first kappa shape index (κ1) is 35.8. The van der Waals surface area contributed by atoms with E-state index in [1.807, 2.05) is 0 Å². The van der Waals surface area contributed by atoms with E-state index in [-0.39, 0.29) is 70.9 Å². The Morgan fingerprint density at radius 2 is 1.64 bits per heavy atom. The molecule has 3 atom stereocenters. The molecule has 0 radical (unpaired) electrons. The Morgan fingerprint density at radius 1 is 1.02 bits per heavy atom. The van der Waals surface area contributed by atoms with Crippen LogP contribution in [0.3, 0.4) is 0 Å². The predicted molar refractivity (Wildman–Crippen MR) is 180 cm³/mol. The van der Waals surface area contributed by atoms with Gasteiger partial charge in [-0.15, -0.1) is 5.06 Å². The van der Waals surface area contributed by atoms with E-state index in [0.29, 0.717) is 29.2 Å². The number of H-pyrrole nitrogens is 1. The highest BCUT2D eigenvalue weighted by atomic mass is 32.2. The van der Waals surface area contributed by atoms with Gasteiger partial charge in [0.05, 0.1) is 25.2 Å². The highest BCUT2D eigenvalue weighted by molar-refractivity contribution is 7.98. The maximum Gasteiger partial charge on any atom is 0.335 e. The molecule has 3 saturated heterocycles. The molecule has 2 aromatic rings. The molecule has 3 aliphatic rings. The summed E-state index contributed by atoms with van der Waals surface area (Å²) in [5.41, 5.74) is 7.64. The van der Waals surface area contributed by atoms with Gasteiger partial charge in [0.25, 0.3) is 17.4 Å². The number of nitrogens with one attached hydrogen (secondary N) is 1. The summed E-state index contributed by atoms with van der Waals surface area (Å²) in [4.78, 5) is 61.2. The second-order valence-electron chi connectivity index (χ2n) is 13.7. The molecule has 3 N–H and O–H groups in total. The van der Waals surface area contributed by atoms with E-state index in [1.165, 1.54) is 11.9 Å². The van der Waals surface area contributed by atoms with Gasteiger partial charge < -0.3 is 28.3 Å². The van der Waals surface area contributed by atoms with E-state index in [9.17, 15) is 19.2 Å². The average molecular weight is 710 g/mol. The van der Waals surface area contributed by atoms with Crippen molar-refractivity contribution in [3.05, 3.63) is 22.1 Å². The molecule has 0 aliphatic carbocycles. The third kappa shape index (κ3) is 6.71. The molecule has 2 aromatic heterocycles. The zero-order valence-corrected chi connectivity index (χ0v) is 31.2. The lowest BCUT2D eigenvalue weighted by Crippen LogP contribution is -2.65. The Bertz CT molecular complexity index is 1550. The molecule has 2 amide bonds. The Kier molecular flexibility index (Phi) is 10.5. The first-order valence-electron chi connectivity index (χ1n) is 16.4. The number of amides is 2. The van der Waals surface area contributed by atoms with Gasteiger partial charge >= 0.3 is 23.1 Å². The van der Waals surface area contributed by atoms with Gasteiger partial charge in [0, 0.05) is 36.8 Å². The van der Waals surface area contributed by atoms with Crippen molar-refractivity contribution in [2.75, 3.05) is 18.1 Å². The number of fused-ring (bicyclic) bond motifs is 2. The summed E-state index contributed by atoms with van der Waals surface area (Å²) >= 11 is 1.19. The van der Waals surface area contributed by atoms with Crippen LogP contribution in [0.25, 0.3) is 11.0 Å². The van der Waals surface area contributed by atoms with Crippen LogP contribution in [0.1, 0.15) is 92.7 Å². The first-order valence-corrected chi connectivity index (χ1v) is 21.3. The van der Waals surface area contributed by atoms with E-state index in [2.05, 4.69) is 65.4 Å². The van der Waals surface area contributed by atoms with Gasteiger partial charge in [-0.25, -0.2) is 9.78 Å². The third-order valence-electron chi connectivity index (χ3n) is 9.29.